The molecule has 0 radical (unpaired) electrons. The number of nitrogens with zero attached hydrogens (tertiary/aromatic N) is 3. The summed E-state index contributed by atoms with van der Waals surface area (Å²) in [6, 6.07) is 0. The number of thiophene rings is 1. The van der Waals surface area contributed by atoms with Crippen molar-refractivity contribution in [3.63, 3.8) is 0 Å². The van der Waals surface area contributed by atoms with E-state index in [1.54, 1.807) is 12.4 Å². The number of rotatable bonds is 4. The van der Waals surface area contributed by atoms with Gasteiger partial charge in [0.15, 0.2) is 0 Å². The number of carbonyl (C=O) groups excluding carboxylic acids is 1. The van der Waals surface area contributed by atoms with Crippen LogP contribution in [-0.4, -0.2) is 40.4 Å². The van der Waals surface area contributed by atoms with E-state index in [0.717, 1.165) is 52.4 Å². The molecule has 1 saturated heterocycles. The maximum atomic E-state index is 12.9. The van der Waals surface area contributed by atoms with Crippen LogP contribution < -0.4 is 5.32 Å². The van der Waals surface area contributed by atoms with Crippen LogP contribution in [0.5, 0.6) is 0 Å². The summed E-state index contributed by atoms with van der Waals surface area (Å²) in [7, 11) is 0. The van der Waals surface area contributed by atoms with E-state index in [1.165, 1.54) is 11.3 Å². The molecule has 0 unspecified atom stereocenters. The van der Waals surface area contributed by atoms with Crippen molar-refractivity contribution >= 4 is 33.3 Å². The van der Waals surface area contributed by atoms with Crippen molar-refractivity contribution in [1.29, 1.82) is 0 Å². The van der Waals surface area contributed by atoms with E-state index in [9.17, 15) is 4.79 Å². The molecule has 6 heteroatoms. The summed E-state index contributed by atoms with van der Waals surface area (Å²) in [5.74, 6) is 1.62. The van der Waals surface area contributed by atoms with E-state index < -0.39 is 0 Å². The van der Waals surface area contributed by atoms with Crippen LogP contribution in [0, 0.1) is 12.8 Å². The Morgan fingerprint density at radius 3 is 2.91 bits per heavy atom. The summed E-state index contributed by atoms with van der Waals surface area (Å²) >= 11 is 1.47. The first-order chi connectivity index (χ1) is 11.1. The average Bonchev–Trinajstić information content (AvgIpc) is 2.90. The van der Waals surface area contributed by atoms with Crippen molar-refractivity contribution in [2.24, 2.45) is 5.92 Å². The zero-order valence-corrected chi connectivity index (χ0v) is 14.4. The minimum Gasteiger partial charge on any atom is -0.366 e. The summed E-state index contributed by atoms with van der Waals surface area (Å²) < 4.78 is 0. The highest BCUT2D eigenvalue weighted by molar-refractivity contribution is 7.20. The lowest BCUT2D eigenvalue weighted by molar-refractivity contribution is 0.0701. The first kappa shape index (κ1) is 15.9. The molecule has 0 atom stereocenters. The number of amides is 1. The van der Waals surface area contributed by atoms with Gasteiger partial charge in [0.1, 0.15) is 17.0 Å². The molecule has 23 heavy (non-hydrogen) atoms. The monoisotopic (exact) mass is 330 g/mol. The molecule has 0 spiro atoms. The Bertz CT molecular complexity index is 732. The minimum absolute atomic E-state index is 0.132. The molecule has 3 rings (SSSR count). The molecule has 3 heterocycles. The van der Waals surface area contributed by atoms with E-state index >= 15 is 0 Å². The predicted molar refractivity (Wildman–Crippen MR) is 95.1 cm³/mol. The lowest BCUT2D eigenvalue weighted by Crippen LogP contribution is -2.37. The number of hydrogen-bond acceptors (Lipinski definition) is 5. The Morgan fingerprint density at radius 1 is 1.48 bits per heavy atom. The molecule has 0 saturated carbocycles. The number of nitrogens with one attached hydrogen (secondary N) is 1. The standard InChI is InChI=1S/C17H22N4OS/c1-4-7-18-15-13-12(3)14(23-16(13)20-10-19-15)17(22)21-8-5-11(2)6-9-21/h4,10-11H,1,5-9H2,2-3H3,(H,18,19,20). The van der Waals surface area contributed by atoms with Gasteiger partial charge in [0.25, 0.3) is 5.91 Å². The van der Waals surface area contributed by atoms with Crippen LogP contribution >= 0.6 is 11.3 Å². The predicted octanol–water partition coefficient (Wildman–Crippen LogP) is 3.47. The number of aromatic nitrogens is 2. The first-order valence-corrected chi connectivity index (χ1v) is 8.81. The van der Waals surface area contributed by atoms with Gasteiger partial charge in [-0.15, -0.1) is 17.9 Å². The van der Waals surface area contributed by atoms with Gasteiger partial charge in [-0.3, -0.25) is 4.79 Å². The fourth-order valence-corrected chi connectivity index (χ4v) is 4.05. The average molecular weight is 330 g/mol. The summed E-state index contributed by atoms with van der Waals surface area (Å²) in [5, 5.41) is 4.18. The molecular weight excluding hydrogens is 308 g/mol. The second-order valence-corrected chi connectivity index (χ2v) is 7.10. The molecule has 1 aliphatic heterocycles. The van der Waals surface area contributed by atoms with Crippen molar-refractivity contribution < 1.29 is 4.79 Å². The Hall–Kier alpha value is -1.95. The quantitative estimate of drug-likeness (QED) is 0.872. The summed E-state index contributed by atoms with van der Waals surface area (Å²) in [6.07, 6.45) is 5.50. The molecule has 2 aromatic heterocycles. The van der Waals surface area contributed by atoms with Gasteiger partial charge in [0.2, 0.25) is 0 Å². The van der Waals surface area contributed by atoms with Gasteiger partial charge < -0.3 is 10.2 Å². The lowest BCUT2D eigenvalue weighted by Gasteiger charge is -2.30. The Kier molecular flexibility index (Phi) is 4.61. The molecule has 122 valence electrons. The van der Waals surface area contributed by atoms with Crippen molar-refractivity contribution in [1.82, 2.24) is 14.9 Å². The smallest absolute Gasteiger partial charge is 0.264 e. The molecule has 5 nitrogen and oxygen atoms in total. The zero-order valence-electron chi connectivity index (χ0n) is 13.6. The fourth-order valence-electron chi connectivity index (χ4n) is 2.93. The zero-order chi connectivity index (χ0) is 16.4. The summed E-state index contributed by atoms with van der Waals surface area (Å²) in [5.41, 5.74) is 0.973. The minimum atomic E-state index is 0.132. The van der Waals surface area contributed by atoms with Crippen LogP contribution in [0.3, 0.4) is 0 Å². The summed E-state index contributed by atoms with van der Waals surface area (Å²) in [6.45, 7) is 10.3. The fraction of sp³-hybridized carbons (Fsp3) is 0.471. The van der Waals surface area contributed by atoms with Gasteiger partial charge in [0, 0.05) is 19.6 Å². The van der Waals surface area contributed by atoms with E-state index in [2.05, 4.69) is 28.8 Å². The second-order valence-electron chi connectivity index (χ2n) is 6.10. The number of hydrogen-bond donors (Lipinski definition) is 1. The molecule has 1 N–H and O–H groups in total. The molecule has 0 aliphatic carbocycles. The molecule has 1 amide bonds. The van der Waals surface area contributed by atoms with E-state index in [0.29, 0.717) is 12.5 Å². The normalized spacial score (nSPS) is 15.8. The Morgan fingerprint density at radius 2 is 2.22 bits per heavy atom. The van der Waals surface area contributed by atoms with E-state index in [-0.39, 0.29) is 5.91 Å². The SMILES string of the molecule is C=CCNc1ncnc2sc(C(=O)N3CCC(C)CC3)c(C)c12. The topological polar surface area (TPSA) is 58.1 Å². The van der Waals surface area contributed by atoms with Crippen LogP contribution in [0.4, 0.5) is 5.82 Å². The van der Waals surface area contributed by atoms with Gasteiger partial charge in [-0.1, -0.05) is 13.0 Å². The Balaban J connectivity index is 1.94. The molecule has 1 aliphatic rings. The lowest BCUT2D eigenvalue weighted by atomic mass is 9.99. The molecule has 0 bridgehead atoms. The van der Waals surface area contributed by atoms with Gasteiger partial charge in [-0.2, -0.15) is 0 Å². The largest absolute Gasteiger partial charge is 0.366 e. The van der Waals surface area contributed by atoms with Crippen molar-refractivity contribution in [2.45, 2.75) is 26.7 Å². The highest BCUT2D eigenvalue weighted by Crippen LogP contribution is 2.34. The third kappa shape index (κ3) is 3.08. The molecular formula is C17H22N4OS. The van der Waals surface area contributed by atoms with E-state index in [1.807, 2.05) is 11.8 Å². The van der Waals surface area contributed by atoms with Crippen LogP contribution in [0.1, 0.15) is 35.0 Å². The third-order valence-electron chi connectivity index (χ3n) is 4.41. The van der Waals surface area contributed by atoms with Crippen molar-refractivity contribution in [3.05, 3.63) is 29.4 Å². The van der Waals surface area contributed by atoms with Gasteiger partial charge in [0.05, 0.1) is 10.3 Å². The van der Waals surface area contributed by atoms with Crippen molar-refractivity contribution in [3.8, 4) is 0 Å². The van der Waals surface area contributed by atoms with Gasteiger partial charge in [-0.05, 0) is 31.2 Å². The Labute approximate surface area is 140 Å². The molecule has 1 fully saturated rings. The van der Waals surface area contributed by atoms with Crippen LogP contribution in [-0.2, 0) is 0 Å². The van der Waals surface area contributed by atoms with Crippen LogP contribution in [0.25, 0.3) is 10.2 Å². The highest BCUT2D eigenvalue weighted by Gasteiger charge is 2.26. The molecule has 0 aromatic carbocycles. The number of anilines is 1. The maximum Gasteiger partial charge on any atom is 0.264 e. The number of carbonyl (C=O) groups is 1. The second kappa shape index (κ2) is 6.66. The van der Waals surface area contributed by atoms with Crippen LogP contribution in [0.2, 0.25) is 0 Å². The number of likely N-dealkylation sites (tertiary alicyclic amines) is 1. The first-order valence-electron chi connectivity index (χ1n) is 8.00. The number of aryl methyl sites for hydroxylation is 1. The molecule has 2 aromatic rings. The van der Waals surface area contributed by atoms with E-state index in [4.69, 9.17) is 0 Å². The maximum absolute atomic E-state index is 12.9. The number of piperidine rings is 1. The van der Waals surface area contributed by atoms with Crippen LogP contribution in [0.15, 0.2) is 19.0 Å². The van der Waals surface area contributed by atoms with Gasteiger partial charge in [-0.25, -0.2) is 9.97 Å². The number of fused-ring (bicyclic) bond motifs is 1. The summed E-state index contributed by atoms with van der Waals surface area (Å²) in [4.78, 5) is 25.1. The third-order valence-corrected chi connectivity index (χ3v) is 5.59. The van der Waals surface area contributed by atoms with Crippen molar-refractivity contribution in [2.75, 3.05) is 25.0 Å². The van der Waals surface area contributed by atoms with Gasteiger partial charge >= 0.3 is 0 Å². The highest BCUT2D eigenvalue weighted by atomic mass is 32.1.